The van der Waals surface area contributed by atoms with Crippen molar-refractivity contribution in [1.29, 1.82) is 0 Å². The number of carbonyl (C=O) groups is 1. The number of carbonyl (C=O) groups excluding carboxylic acids is 1. The van der Waals surface area contributed by atoms with Crippen molar-refractivity contribution in [2.75, 3.05) is 17.2 Å². The van der Waals surface area contributed by atoms with Crippen LogP contribution in [-0.4, -0.2) is 26.1 Å². The van der Waals surface area contributed by atoms with Gasteiger partial charge in [0.2, 0.25) is 15.9 Å². The maximum atomic E-state index is 11.9. The van der Waals surface area contributed by atoms with Gasteiger partial charge in [-0.1, -0.05) is 15.9 Å². The SMILES string of the molecule is Cc1cc(N)c(N2CC(S(N)(=O)=O)CC2=O)cc1Br. The lowest BCUT2D eigenvalue weighted by Gasteiger charge is -2.19. The molecule has 0 spiro atoms. The highest BCUT2D eigenvalue weighted by Gasteiger charge is 2.37. The first-order valence-corrected chi connectivity index (χ1v) is 7.98. The molecule has 1 saturated heterocycles. The number of hydrogen-bond acceptors (Lipinski definition) is 4. The minimum Gasteiger partial charge on any atom is -0.397 e. The smallest absolute Gasteiger partial charge is 0.228 e. The van der Waals surface area contributed by atoms with Crippen molar-refractivity contribution in [2.45, 2.75) is 18.6 Å². The normalized spacial score (nSPS) is 20.1. The van der Waals surface area contributed by atoms with Crippen molar-refractivity contribution in [3.05, 3.63) is 22.2 Å². The Hall–Kier alpha value is -1.12. The number of nitrogen functional groups attached to an aromatic ring is 1. The molecule has 2 rings (SSSR count). The lowest BCUT2D eigenvalue weighted by Crippen LogP contribution is -2.32. The van der Waals surface area contributed by atoms with Gasteiger partial charge in [-0.15, -0.1) is 0 Å². The fourth-order valence-electron chi connectivity index (χ4n) is 2.05. The van der Waals surface area contributed by atoms with Crippen LogP contribution in [0.1, 0.15) is 12.0 Å². The fourth-order valence-corrected chi connectivity index (χ4v) is 3.12. The third-order valence-corrected chi connectivity index (χ3v) is 5.25. The van der Waals surface area contributed by atoms with E-state index in [0.29, 0.717) is 11.4 Å². The van der Waals surface area contributed by atoms with Gasteiger partial charge in [0.15, 0.2) is 0 Å². The number of sulfonamides is 1. The molecule has 0 saturated carbocycles. The molecule has 0 aromatic heterocycles. The molecule has 0 bridgehead atoms. The van der Waals surface area contributed by atoms with Gasteiger partial charge in [-0.05, 0) is 24.6 Å². The average Bonchev–Trinajstić information content (AvgIpc) is 2.65. The summed E-state index contributed by atoms with van der Waals surface area (Å²) in [4.78, 5) is 13.3. The number of primary sulfonamides is 1. The van der Waals surface area contributed by atoms with Crippen LogP contribution < -0.4 is 15.8 Å². The van der Waals surface area contributed by atoms with E-state index in [2.05, 4.69) is 15.9 Å². The first-order valence-electron chi connectivity index (χ1n) is 5.57. The largest absolute Gasteiger partial charge is 0.397 e. The van der Waals surface area contributed by atoms with Crippen LogP contribution in [0.4, 0.5) is 11.4 Å². The van der Waals surface area contributed by atoms with Crippen LogP contribution in [0.2, 0.25) is 0 Å². The number of nitrogens with zero attached hydrogens (tertiary/aromatic N) is 1. The molecule has 0 radical (unpaired) electrons. The lowest BCUT2D eigenvalue weighted by atomic mass is 10.2. The van der Waals surface area contributed by atoms with Crippen molar-refractivity contribution in [3.63, 3.8) is 0 Å². The van der Waals surface area contributed by atoms with E-state index in [9.17, 15) is 13.2 Å². The van der Waals surface area contributed by atoms with E-state index < -0.39 is 15.3 Å². The van der Waals surface area contributed by atoms with E-state index in [0.717, 1.165) is 10.0 Å². The Labute approximate surface area is 119 Å². The van der Waals surface area contributed by atoms with Crippen molar-refractivity contribution in [2.24, 2.45) is 5.14 Å². The van der Waals surface area contributed by atoms with Crippen molar-refractivity contribution in [1.82, 2.24) is 0 Å². The molecule has 6 nitrogen and oxygen atoms in total. The number of benzene rings is 1. The summed E-state index contributed by atoms with van der Waals surface area (Å²) in [5.41, 5.74) is 7.77. The predicted octanol–water partition coefficient (Wildman–Crippen LogP) is 0.734. The Morgan fingerprint density at radius 3 is 2.58 bits per heavy atom. The van der Waals surface area contributed by atoms with Crippen LogP contribution in [-0.2, 0) is 14.8 Å². The van der Waals surface area contributed by atoms with Gasteiger partial charge >= 0.3 is 0 Å². The van der Waals surface area contributed by atoms with E-state index in [-0.39, 0.29) is 18.9 Å². The van der Waals surface area contributed by atoms with Crippen LogP contribution >= 0.6 is 15.9 Å². The zero-order valence-electron chi connectivity index (χ0n) is 10.3. The zero-order valence-corrected chi connectivity index (χ0v) is 12.7. The van der Waals surface area contributed by atoms with Gasteiger partial charge in [-0.2, -0.15) is 0 Å². The van der Waals surface area contributed by atoms with Gasteiger partial charge in [0, 0.05) is 17.4 Å². The molecule has 1 fully saturated rings. The highest BCUT2D eigenvalue weighted by Crippen LogP contribution is 2.33. The number of hydrogen-bond donors (Lipinski definition) is 2. The predicted molar refractivity (Wildman–Crippen MR) is 77.2 cm³/mol. The molecule has 0 aliphatic carbocycles. The second-order valence-corrected chi connectivity index (χ2v) is 7.28. The van der Waals surface area contributed by atoms with Gasteiger partial charge in [-0.25, -0.2) is 13.6 Å². The van der Waals surface area contributed by atoms with Crippen molar-refractivity contribution >= 4 is 43.2 Å². The molecule has 104 valence electrons. The molecule has 1 aliphatic heterocycles. The molecule has 1 aliphatic rings. The second kappa shape index (κ2) is 4.77. The van der Waals surface area contributed by atoms with Crippen LogP contribution in [0.15, 0.2) is 16.6 Å². The highest BCUT2D eigenvalue weighted by atomic mass is 79.9. The molecular formula is C11H14BrN3O3S. The molecule has 4 N–H and O–H groups in total. The molecule has 1 atom stereocenters. The summed E-state index contributed by atoms with van der Waals surface area (Å²) in [5, 5.41) is 4.21. The number of nitrogens with two attached hydrogens (primary N) is 2. The quantitative estimate of drug-likeness (QED) is 0.769. The van der Waals surface area contributed by atoms with Gasteiger partial charge in [0.1, 0.15) is 5.25 Å². The first-order chi connectivity index (χ1) is 8.70. The number of anilines is 2. The minimum atomic E-state index is -3.72. The number of halogens is 1. The molecule has 1 amide bonds. The Bertz CT molecular complexity index is 645. The number of rotatable bonds is 2. The van der Waals surface area contributed by atoms with E-state index in [1.165, 1.54) is 4.90 Å². The molecule has 1 aromatic carbocycles. The van der Waals surface area contributed by atoms with E-state index in [4.69, 9.17) is 10.9 Å². The average molecular weight is 348 g/mol. The minimum absolute atomic E-state index is 0.0391. The molecule has 19 heavy (non-hydrogen) atoms. The Morgan fingerprint density at radius 2 is 2.05 bits per heavy atom. The Kier molecular flexibility index (Phi) is 3.59. The molecular weight excluding hydrogens is 334 g/mol. The number of aryl methyl sites for hydroxylation is 1. The second-order valence-electron chi connectivity index (χ2n) is 4.58. The van der Waals surface area contributed by atoms with E-state index in [1.807, 2.05) is 6.92 Å². The Balaban J connectivity index is 2.39. The number of amides is 1. The fraction of sp³-hybridized carbons (Fsp3) is 0.364. The van der Waals surface area contributed by atoms with Gasteiger partial charge < -0.3 is 10.6 Å². The maximum Gasteiger partial charge on any atom is 0.228 e. The summed E-state index contributed by atoms with van der Waals surface area (Å²) in [6, 6.07) is 3.45. The van der Waals surface area contributed by atoms with Crippen LogP contribution in [0.25, 0.3) is 0 Å². The molecule has 1 unspecified atom stereocenters. The monoisotopic (exact) mass is 347 g/mol. The molecule has 1 aromatic rings. The summed E-state index contributed by atoms with van der Waals surface area (Å²) in [6.07, 6.45) is -0.107. The van der Waals surface area contributed by atoms with E-state index >= 15 is 0 Å². The maximum absolute atomic E-state index is 11.9. The summed E-state index contributed by atoms with van der Waals surface area (Å²) in [6.45, 7) is 1.92. The summed E-state index contributed by atoms with van der Waals surface area (Å²) < 4.78 is 23.4. The topological polar surface area (TPSA) is 106 Å². The van der Waals surface area contributed by atoms with E-state index in [1.54, 1.807) is 12.1 Å². The standard InChI is InChI=1S/C11H14BrN3O3S/c1-6-2-9(13)10(4-8(6)12)15-5-7(3-11(15)16)19(14,17)18/h2,4,7H,3,5,13H2,1H3,(H2,14,17,18). The van der Waals surface area contributed by atoms with Gasteiger partial charge in [0.25, 0.3) is 0 Å². The van der Waals surface area contributed by atoms with Gasteiger partial charge in [-0.3, -0.25) is 4.79 Å². The van der Waals surface area contributed by atoms with Crippen molar-refractivity contribution in [3.8, 4) is 0 Å². The summed E-state index contributed by atoms with van der Waals surface area (Å²) in [5.74, 6) is -0.290. The van der Waals surface area contributed by atoms with Crippen LogP contribution in [0.5, 0.6) is 0 Å². The Morgan fingerprint density at radius 1 is 1.42 bits per heavy atom. The molecule has 8 heteroatoms. The summed E-state index contributed by atoms with van der Waals surface area (Å²) >= 11 is 3.37. The summed E-state index contributed by atoms with van der Waals surface area (Å²) in [7, 11) is -3.72. The zero-order chi connectivity index (χ0) is 14.4. The third kappa shape index (κ3) is 2.75. The van der Waals surface area contributed by atoms with Crippen molar-refractivity contribution < 1.29 is 13.2 Å². The molecule has 1 heterocycles. The first kappa shape index (κ1) is 14.3. The van der Waals surface area contributed by atoms with Crippen LogP contribution in [0.3, 0.4) is 0 Å². The third-order valence-electron chi connectivity index (χ3n) is 3.15. The van der Waals surface area contributed by atoms with Crippen LogP contribution in [0, 0.1) is 6.92 Å². The lowest BCUT2D eigenvalue weighted by molar-refractivity contribution is -0.117. The van der Waals surface area contributed by atoms with Gasteiger partial charge in [0.05, 0.1) is 11.4 Å². The highest BCUT2D eigenvalue weighted by molar-refractivity contribution is 9.10.